The lowest BCUT2D eigenvalue weighted by Gasteiger charge is -2.21. The summed E-state index contributed by atoms with van der Waals surface area (Å²) >= 11 is 6.58. The van der Waals surface area contributed by atoms with Crippen molar-refractivity contribution in [2.75, 3.05) is 44.0 Å². The van der Waals surface area contributed by atoms with Gasteiger partial charge < -0.3 is 25.4 Å². The number of hydrogen-bond acceptors (Lipinski definition) is 8. The molecular formula is C29H29ClN6O3. The van der Waals surface area contributed by atoms with E-state index < -0.39 is 0 Å². The van der Waals surface area contributed by atoms with Crippen LogP contribution in [0, 0.1) is 29.1 Å². The summed E-state index contributed by atoms with van der Waals surface area (Å²) < 4.78 is 5.59. The molecule has 0 spiro atoms. The Morgan fingerprint density at radius 2 is 2.08 bits per heavy atom. The number of piperidine rings is 1. The van der Waals surface area contributed by atoms with Gasteiger partial charge in [-0.1, -0.05) is 25.4 Å². The number of likely N-dealkylation sites (tertiary alicyclic amines) is 1. The normalized spacial score (nSPS) is 21.9. The van der Waals surface area contributed by atoms with E-state index in [1.54, 1.807) is 29.3 Å². The molecule has 2 aromatic carbocycles. The largest absolute Gasteiger partial charge is 0.495 e. The molecule has 0 bridgehead atoms. The lowest BCUT2D eigenvalue weighted by atomic mass is 9.85. The van der Waals surface area contributed by atoms with E-state index in [9.17, 15) is 15.2 Å². The number of methoxy groups -OCH3 is 1. The summed E-state index contributed by atoms with van der Waals surface area (Å²) in [6, 6.07) is 11.3. The predicted molar refractivity (Wildman–Crippen MR) is 148 cm³/mol. The third-order valence-electron chi connectivity index (χ3n) is 8.28. The van der Waals surface area contributed by atoms with Gasteiger partial charge in [0.15, 0.2) is 0 Å². The number of fused-ring (bicyclic) bond motifs is 2. The highest BCUT2D eigenvalue weighted by Crippen LogP contribution is 2.51. The zero-order valence-corrected chi connectivity index (χ0v) is 22.7. The first-order valence-corrected chi connectivity index (χ1v) is 13.3. The maximum atomic E-state index is 13.2. The molecule has 1 aromatic heterocycles. The second-order valence-electron chi connectivity index (χ2n) is 11.1. The molecule has 3 N–H and O–H groups in total. The van der Waals surface area contributed by atoms with Crippen LogP contribution in [0.5, 0.6) is 5.75 Å². The molecule has 10 heteroatoms. The summed E-state index contributed by atoms with van der Waals surface area (Å²) in [5.41, 5.74) is 4.83. The predicted octanol–water partition coefficient (Wildman–Crippen LogP) is 4.43. The van der Waals surface area contributed by atoms with Gasteiger partial charge in [-0.25, -0.2) is 9.97 Å². The molecular weight excluding hydrogens is 516 g/mol. The number of aliphatic hydroxyl groups is 1. The van der Waals surface area contributed by atoms with E-state index in [1.165, 1.54) is 7.11 Å². The van der Waals surface area contributed by atoms with E-state index in [0.717, 1.165) is 23.4 Å². The highest BCUT2D eigenvalue weighted by Gasteiger charge is 2.56. The van der Waals surface area contributed by atoms with Gasteiger partial charge in [-0.2, -0.15) is 5.26 Å². The molecule has 2 aliphatic heterocycles. The monoisotopic (exact) mass is 544 g/mol. The summed E-state index contributed by atoms with van der Waals surface area (Å²) in [5.74, 6) is 1.69. The highest BCUT2D eigenvalue weighted by atomic mass is 35.5. The Balaban J connectivity index is 1.26. The van der Waals surface area contributed by atoms with Crippen molar-refractivity contribution in [2.45, 2.75) is 19.3 Å². The van der Waals surface area contributed by atoms with Crippen LogP contribution < -0.4 is 15.4 Å². The third kappa shape index (κ3) is 4.34. The number of halogens is 1. The summed E-state index contributed by atoms with van der Waals surface area (Å²) in [4.78, 5) is 24.1. The molecule has 3 aromatic rings. The number of benzene rings is 2. The minimum Gasteiger partial charge on any atom is -0.495 e. The van der Waals surface area contributed by atoms with E-state index >= 15 is 0 Å². The summed E-state index contributed by atoms with van der Waals surface area (Å²) in [6.45, 7) is 6.50. The highest BCUT2D eigenvalue weighted by molar-refractivity contribution is 6.34. The van der Waals surface area contributed by atoms with Gasteiger partial charge in [0.2, 0.25) is 5.95 Å². The molecule has 200 valence electrons. The standard InChI is InChI=1S/C29H29ClN6O3/c1-29(2)14-33-26-16(10-31)6-15(7-21(26)29)23-4-5-32-28(34-23)35-24-9-22(30)17(8-25(24)39-3)27(38)36-11-18-19(12-36)20(18)13-37/h4-9,18-20,33,37H,11-14H2,1-3H3,(H,32,34,35). The van der Waals surface area contributed by atoms with Crippen LogP contribution in [-0.4, -0.2) is 59.2 Å². The van der Waals surface area contributed by atoms with Crippen molar-refractivity contribution in [1.82, 2.24) is 14.9 Å². The molecule has 2 atom stereocenters. The van der Waals surface area contributed by atoms with E-state index in [1.807, 2.05) is 6.07 Å². The Kier molecular flexibility index (Phi) is 6.12. The molecule has 2 unspecified atom stereocenters. The number of aromatic nitrogens is 2. The second kappa shape index (κ2) is 9.40. The molecule has 1 saturated heterocycles. The molecule has 2 fully saturated rings. The molecule has 3 heterocycles. The molecule has 1 aliphatic carbocycles. The number of carbonyl (C=O) groups is 1. The number of anilines is 3. The maximum absolute atomic E-state index is 13.2. The number of rotatable bonds is 6. The van der Waals surface area contributed by atoms with Gasteiger partial charge in [0, 0.05) is 43.4 Å². The van der Waals surface area contributed by atoms with Crippen LogP contribution in [0.15, 0.2) is 36.5 Å². The summed E-state index contributed by atoms with van der Waals surface area (Å²) in [5, 5.41) is 26.0. The molecule has 1 saturated carbocycles. The van der Waals surface area contributed by atoms with Crippen molar-refractivity contribution in [3.05, 3.63) is 58.2 Å². The first kappa shape index (κ1) is 25.4. The van der Waals surface area contributed by atoms with Crippen LogP contribution in [0.2, 0.25) is 5.02 Å². The fourth-order valence-electron chi connectivity index (χ4n) is 5.95. The Bertz CT molecular complexity index is 1520. The molecule has 0 radical (unpaired) electrons. The quantitative estimate of drug-likeness (QED) is 0.416. The minimum atomic E-state index is -0.144. The Morgan fingerprint density at radius 3 is 2.77 bits per heavy atom. The molecule has 39 heavy (non-hydrogen) atoms. The van der Waals surface area contributed by atoms with Crippen LogP contribution in [-0.2, 0) is 5.41 Å². The number of nitrogens with one attached hydrogen (secondary N) is 2. The average molecular weight is 545 g/mol. The number of amides is 1. The number of ether oxygens (including phenoxy) is 1. The zero-order chi connectivity index (χ0) is 27.5. The van der Waals surface area contributed by atoms with E-state index in [4.69, 9.17) is 21.3 Å². The zero-order valence-electron chi connectivity index (χ0n) is 22.0. The molecule has 6 rings (SSSR count). The Labute approximate surface area is 231 Å². The van der Waals surface area contributed by atoms with Gasteiger partial charge in [-0.15, -0.1) is 0 Å². The van der Waals surface area contributed by atoms with Crippen molar-refractivity contribution in [1.29, 1.82) is 5.26 Å². The first-order chi connectivity index (χ1) is 18.7. The van der Waals surface area contributed by atoms with Gasteiger partial charge in [0.25, 0.3) is 5.91 Å². The van der Waals surface area contributed by atoms with Gasteiger partial charge in [0.05, 0.1) is 40.3 Å². The molecule has 3 aliphatic rings. The van der Waals surface area contributed by atoms with Crippen LogP contribution in [0.3, 0.4) is 0 Å². The lowest BCUT2D eigenvalue weighted by molar-refractivity contribution is 0.0760. The van der Waals surface area contributed by atoms with Crippen LogP contribution in [0.4, 0.5) is 17.3 Å². The van der Waals surface area contributed by atoms with E-state index in [2.05, 4.69) is 41.6 Å². The smallest absolute Gasteiger partial charge is 0.255 e. The maximum Gasteiger partial charge on any atom is 0.255 e. The second-order valence-corrected chi connectivity index (χ2v) is 11.5. The number of aliphatic hydroxyl groups excluding tert-OH is 1. The first-order valence-electron chi connectivity index (χ1n) is 12.9. The number of nitrogens with zero attached hydrogens (tertiary/aromatic N) is 4. The fourth-order valence-corrected chi connectivity index (χ4v) is 6.19. The van der Waals surface area contributed by atoms with Crippen molar-refractivity contribution in [3.63, 3.8) is 0 Å². The van der Waals surface area contributed by atoms with Crippen molar-refractivity contribution >= 4 is 34.8 Å². The Hall–Kier alpha value is -3.87. The number of carbonyl (C=O) groups excluding carboxylic acids is 1. The minimum absolute atomic E-state index is 0.107. The molecule has 9 nitrogen and oxygen atoms in total. The SMILES string of the molecule is COc1cc(C(=O)N2CC3C(CO)C3C2)c(Cl)cc1Nc1nccc(-c2cc(C#N)c3c(c2)C(C)(C)CN3)n1. The lowest BCUT2D eigenvalue weighted by Crippen LogP contribution is -2.32. The molecule has 1 amide bonds. The van der Waals surface area contributed by atoms with Crippen molar-refractivity contribution < 1.29 is 14.6 Å². The Morgan fingerprint density at radius 1 is 1.31 bits per heavy atom. The van der Waals surface area contributed by atoms with Crippen LogP contribution in [0.25, 0.3) is 11.3 Å². The third-order valence-corrected chi connectivity index (χ3v) is 8.59. The number of nitriles is 1. The average Bonchev–Trinajstić information content (AvgIpc) is 3.22. The number of hydrogen-bond donors (Lipinski definition) is 3. The van der Waals surface area contributed by atoms with E-state index in [-0.39, 0.29) is 17.9 Å². The van der Waals surface area contributed by atoms with E-state index in [0.29, 0.717) is 70.1 Å². The van der Waals surface area contributed by atoms with Crippen molar-refractivity contribution in [3.8, 4) is 23.1 Å². The van der Waals surface area contributed by atoms with Crippen LogP contribution in [0.1, 0.15) is 35.3 Å². The topological polar surface area (TPSA) is 123 Å². The summed E-state index contributed by atoms with van der Waals surface area (Å²) in [7, 11) is 1.53. The summed E-state index contributed by atoms with van der Waals surface area (Å²) in [6.07, 6.45) is 1.65. The van der Waals surface area contributed by atoms with Gasteiger partial charge in [-0.3, -0.25) is 4.79 Å². The van der Waals surface area contributed by atoms with Crippen molar-refractivity contribution in [2.24, 2.45) is 17.8 Å². The van der Waals surface area contributed by atoms with Gasteiger partial charge in [0.1, 0.15) is 11.8 Å². The van der Waals surface area contributed by atoms with Gasteiger partial charge in [-0.05, 0) is 53.6 Å². The fraction of sp³-hybridized carbons (Fsp3) is 0.379. The van der Waals surface area contributed by atoms with Gasteiger partial charge >= 0.3 is 0 Å². The van der Waals surface area contributed by atoms with Crippen LogP contribution >= 0.6 is 11.6 Å².